The van der Waals surface area contributed by atoms with Gasteiger partial charge in [-0.05, 0) is 33.6 Å². The summed E-state index contributed by atoms with van der Waals surface area (Å²) in [4.78, 5) is 4.03. The molecule has 0 aliphatic carbocycles. The number of methoxy groups -OCH3 is 2. The van der Waals surface area contributed by atoms with Crippen molar-refractivity contribution in [3.63, 3.8) is 0 Å². The average molecular weight is 356 g/mol. The second kappa shape index (κ2) is 6.67. The van der Waals surface area contributed by atoms with Crippen LogP contribution in [0.15, 0.2) is 29.0 Å². The molecule has 0 saturated carbocycles. The third-order valence-electron chi connectivity index (χ3n) is 2.80. The van der Waals surface area contributed by atoms with Crippen LogP contribution in [-0.4, -0.2) is 19.2 Å². The average Bonchev–Trinajstić information content (AvgIpc) is 2.49. The Balaban J connectivity index is 2.45. The van der Waals surface area contributed by atoms with Gasteiger partial charge in [-0.25, -0.2) is 13.8 Å². The SMILES string of the molecule is COc1cc(OC)c(F)c(/C=C/c2ccc(Br)nc2)c1F. The second-order valence-corrected chi connectivity index (χ2v) is 4.88. The summed E-state index contributed by atoms with van der Waals surface area (Å²) in [5.74, 6) is -1.72. The van der Waals surface area contributed by atoms with Crippen LogP contribution in [0.3, 0.4) is 0 Å². The number of halogens is 3. The first-order valence-electron chi connectivity index (χ1n) is 5.96. The van der Waals surface area contributed by atoms with E-state index in [1.807, 2.05) is 0 Å². The maximum atomic E-state index is 14.1. The fraction of sp³-hybridized carbons (Fsp3) is 0.133. The number of nitrogens with zero attached hydrogens (tertiary/aromatic N) is 1. The summed E-state index contributed by atoms with van der Waals surface area (Å²) >= 11 is 3.21. The normalized spacial score (nSPS) is 10.9. The number of hydrogen-bond donors (Lipinski definition) is 0. The molecule has 0 amide bonds. The first kappa shape index (κ1) is 15.4. The van der Waals surface area contributed by atoms with Crippen LogP contribution in [0.2, 0.25) is 0 Å². The van der Waals surface area contributed by atoms with E-state index < -0.39 is 11.6 Å². The molecule has 0 saturated heterocycles. The highest BCUT2D eigenvalue weighted by atomic mass is 79.9. The minimum absolute atomic E-state index is 0.0816. The minimum Gasteiger partial charge on any atom is -0.494 e. The van der Waals surface area contributed by atoms with Crippen LogP contribution in [0.25, 0.3) is 12.2 Å². The number of hydrogen-bond acceptors (Lipinski definition) is 3. The molecule has 2 rings (SSSR count). The summed E-state index contributed by atoms with van der Waals surface area (Å²) in [6.07, 6.45) is 4.45. The van der Waals surface area contributed by atoms with Crippen LogP contribution >= 0.6 is 15.9 Å². The van der Waals surface area contributed by atoms with Gasteiger partial charge in [-0.1, -0.05) is 12.1 Å². The molecule has 0 radical (unpaired) electrons. The van der Waals surface area contributed by atoms with Gasteiger partial charge >= 0.3 is 0 Å². The molecular formula is C15H12BrF2NO2. The van der Waals surface area contributed by atoms with Gasteiger partial charge in [0.2, 0.25) is 0 Å². The van der Waals surface area contributed by atoms with Gasteiger partial charge in [0.1, 0.15) is 4.60 Å². The lowest BCUT2D eigenvalue weighted by atomic mass is 10.1. The van der Waals surface area contributed by atoms with E-state index in [0.29, 0.717) is 10.2 Å². The van der Waals surface area contributed by atoms with Crippen LogP contribution in [-0.2, 0) is 0 Å². The quantitative estimate of drug-likeness (QED) is 0.765. The molecule has 0 bridgehead atoms. The Morgan fingerprint density at radius 3 is 2.14 bits per heavy atom. The molecular weight excluding hydrogens is 344 g/mol. The molecule has 3 nitrogen and oxygen atoms in total. The zero-order valence-corrected chi connectivity index (χ0v) is 12.9. The van der Waals surface area contributed by atoms with Crippen molar-refractivity contribution in [3.05, 3.63) is 51.8 Å². The minimum atomic E-state index is -0.780. The van der Waals surface area contributed by atoms with E-state index in [4.69, 9.17) is 9.47 Å². The fourth-order valence-electron chi connectivity index (χ4n) is 1.72. The molecule has 0 spiro atoms. The lowest BCUT2D eigenvalue weighted by molar-refractivity contribution is 0.357. The van der Waals surface area contributed by atoms with E-state index in [1.54, 1.807) is 24.4 Å². The van der Waals surface area contributed by atoms with Crippen LogP contribution < -0.4 is 9.47 Å². The molecule has 0 aliphatic heterocycles. The Bertz CT molecular complexity index is 644. The molecule has 0 fully saturated rings. The lowest BCUT2D eigenvalue weighted by Gasteiger charge is -2.10. The van der Waals surface area contributed by atoms with E-state index in [-0.39, 0.29) is 17.1 Å². The van der Waals surface area contributed by atoms with Crippen molar-refractivity contribution < 1.29 is 18.3 Å². The molecule has 110 valence electrons. The zero-order chi connectivity index (χ0) is 15.4. The smallest absolute Gasteiger partial charge is 0.175 e. The highest BCUT2D eigenvalue weighted by Gasteiger charge is 2.17. The second-order valence-electron chi connectivity index (χ2n) is 4.07. The predicted octanol–water partition coefficient (Wildman–Crippen LogP) is 4.31. The summed E-state index contributed by atoms with van der Waals surface area (Å²) in [5.41, 5.74) is 0.480. The van der Waals surface area contributed by atoms with Crippen LogP contribution in [0.4, 0.5) is 8.78 Å². The highest BCUT2D eigenvalue weighted by Crippen LogP contribution is 2.32. The standard InChI is InChI=1S/C15H12BrF2NO2/c1-20-11-7-12(21-2)15(18)10(14(11)17)5-3-9-4-6-13(16)19-8-9/h3-8H,1-2H3/b5-3+. The third-order valence-corrected chi connectivity index (χ3v) is 3.27. The Labute approximate surface area is 129 Å². The molecule has 1 aromatic carbocycles. The number of ether oxygens (including phenoxy) is 2. The molecule has 1 heterocycles. The summed E-state index contributed by atoms with van der Waals surface area (Å²) in [6, 6.07) is 4.67. The lowest BCUT2D eigenvalue weighted by Crippen LogP contribution is -1.98. The van der Waals surface area contributed by atoms with Crippen LogP contribution in [0.5, 0.6) is 11.5 Å². The molecule has 21 heavy (non-hydrogen) atoms. The van der Waals surface area contributed by atoms with Gasteiger partial charge in [0, 0.05) is 12.3 Å². The van der Waals surface area contributed by atoms with E-state index in [9.17, 15) is 8.78 Å². The van der Waals surface area contributed by atoms with Crippen molar-refractivity contribution in [2.75, 3.05) is 14.2 Å². The van der Waals surface area contributed by atoms with Crippen LogP contribution in [0, 0.1) is 11.6 Å². The number of benzene rings is 1. The molecule has 6 heteroatoms. The number of aromatic nitrogens is 1. The van der Waals surface area contributed by atoms with Gasteiger partial charge in [-0.3, -0.25) is 0 Å². The fourth-order valence-corrected chi connectivity index (χ4v) is 1.95. The zero-order valence-electron chi connectivity index (χ0n) is 11.4. The van der Waals surface area contributed by atoms with Crippen molar-refractivity contribution in [3.8, 4) is 11.5 Å². The molecule has 0 atom stereocenters. The molecule has 0 aliphatic rings. The van der Waals surface area contributed by atoms with Gasteiger partial charge in [0.15, 0.2) is 23.1 Å². The maximum Gasteiger partial charge on any atom is 0.175 e. The maximum absolute atomic E-state index is 14.1. The molecule has 1 aromatic heterocycles. The van der Waals surface area contributed by atoms with Crippen molar-refractivity contribution in [1.29, 1.82) is 0 Å². The molecule has 2 aromatic rings. The number of pyridine rings is 1. The van der Waals surface area contributed by atoms with Crippen molar-refractivity contribution in [1.82, 2.24) is 4.98 Å². The monoisotopic (exact) mass is 355 g/mol. The summed E-state index contributed by atoms with van der Waals surface area (Å²) in [7, 11) is 2.61. The third kappa shape index (κ3) is 3.39. The molecule has 0 N–H and O–H groups in total. The Morgan fingerprint density at radius 2 is 1.67 bits per heavy atom. The predicted molar refractivity (Wildman–Crippen MR) is 80.3 cm³/mol. The number of rotatable bonds is 4. The first-order chi connectivity index (χ1) is 10.1. The summed E-state index contributed by atoms with van der Waals surface area (Å²) in [6.45, 7) is 0. The van der Waals surface area contributed by atoms with E-state index in [1.165, 1.54) is 26.4 Å². The summed E-state index contributed by atoms with van der Waals surface area (Å²) in [5, 5.41) is 0. The topological polar surface area (TPSA) is 31.4 Å². The largest absolute Gasteiger partial charge is 0.494 e. The van der Waals surface area contributed by atoms with Gasteiger partial charge in [0.25, 0.3) is 0 Å². The Morgan fingerprint density at radius 1 is 1.05 bits per heavy atom. The Kier molecular flexibility index (Phi) is 4.90. The van der Waals surface area contributed by atoms with E-state index >= 15 is 0 Å². The van der Waals surface area contributed by atoms with E-state index in [2.05, 4.69) is 20.9 Å². The van der Waals surface area contributed by atoms with Gasteiger partial charge in [-0.15, -0.1) is 0 Å². The van der Waals surface area contributed by atoms with E-state index in [0.717, 1.165) is 0 Å². The first-order valence-corrected chi connectivity index (χ1v) is 6.75. The molecule has 0 unspecified atom stereocenters. The van der Waals surface area contributed by atoms with Crippen molar-refractivity contribution >= 4 is 28.1 Å². The van der Waals surface area contributed by atoms with Crippen molar-refractivity contribution in [2.24, 2.45) is 0 Å². The van der Waals surface area contributed by atoms with Gasteiger partial charge in [0.05, 0.1) is 19.8 Å². The van der Waals surface area contributed by atoms with Gasteiger partial charge < -0.3 is 9.47 Å². The van der Waals surface area contributed by atoms with Gasteiger partial charge in [-0.2, -0.15) is 0 Å². The summed E-state index contributed by atoms with van der Waals surface area (Å²) < 4.78 is 38.7. The highest BCUT2D eigenvalue weighted by molar-refractivity contribution is 9.10. The van der Waals surface area contributed by atoms with Crippen LogP contribution in [0.1, 0.15) is 11.1 Å². The Hall–Kier alpha value is -1.95. The van der Waals surface area contributed by atoms with Crippen molar-refractivity contribution in [2.45, 2.75) is 0 Å².